The minimum Gasteiger partial charge on any atom is -0.393 e. The van der Waals surface area contributed by atoms with Crippen molar-refractivity contribution in [3.8, 4) is 11.3 Å². The van der Waals surface area contributed by atoms with E-state index in [0.717, 1.165) is 42.8 Å². The Bertz CT molecular complexity index is 1070. The van der Waals surface area contributed by atoms with E-state index in [1.54, 1.807) is 25.4 Å². The molecule has 1 aromatic heterocycles. The molecule has 0 saturated carbocycles. The number of halogens is 1. The fraction of sp³-hybridized carbons (Fsp3) is 0.500. The third-order valence-electron chi connectivity index (χ3n) is 6.12. The van der Waals surface area contributed by atoms with Crippen LogP contribution in [-0.4, -0.2) is 62.6 Å². The van der Waals surface area contributed by atoms with Gasteiger partial charge in [-0.2, -0.15) is 0 Å². The smallest absolute Gasteiger partial charge is 0.237 e. The highest BCUT2D eigenvalue weighted by Gasteiger charge is 2.21. The SMILES string of the molecule is CC(C)c1nc(N(C)S(C)=O)nc(-c2ccc(F)cc2)c1/C=C/CCC(O)CC(=O)N1CCCC1. The Balaban J connectivity index is 1.84. The first-order chi connectivity index (χ1) is 16.7. The van der Waals surface area contributed by atoms with Gasteiger partial charge in [-0.05, 0) is 55.9 Å². The van der Waals surface area contributed by atoms with Crippen LogP contribution in [0.5, 0.6) is 0 Å². The van der Waals surface area contributed by atoms with Gasteiger partial charge in [0.2, 0.25) is 11.9 Å². The summed E-state index contributed by atoms with van der Waals surface area (Å²) >= 11 is 0. The van der Waals surface area contributed by atoms with E-state index in [9.17, 15) is 18.5 Å². The van der Waals surface area contributed by atoms with Crippen LogP contribution in [0.1, 0.15) is 63.1 Å². The van der Waals surface area contributed by atoms with E-state index in [1.165, 1.54) is 16.4 Å². The normalized spacial score (nSPS) is 15.7. The Kier molecular flexibility index (Phi) is 9.51. The van der Waals surface area contributed by atoms with Gasteiger partial charge in [-0.15, -0.1) is 0 Å². The summed E-state index contributed by atoms with van der Waals surface area (Å²) in [5.74, 6) is 0.0642. The zero-order chi connectivity index (χ0) is 25.5. The largest absolute Gasteiger partial charge is 0.393 e. The molecular formula is C26H35FN4O3S. The zero-order valence-electron chi connectivity index (χ0n) is 20.9. The van der Waals surface area contributed by atoms with Crippen LogP contribution in [0.3, 0.4) is 0 Å². The third kappa shape index (κ3) is 7.18. The number of allylic oxidation sites excluding steroid dienone is 1. The molecule has 0 bridgehead atoms. The van der Waals surface area contributed by atoms with E-state index in [2.05, 4.69) is 4.98 Å². The van der Waals surface area contributed by atoms with Crippen molar-refractivity contribution >= 4 is 28.9 Å². The topological polar surface area (TPSA) is 86.6 Å². The van der Waals surface area contributed by atoms with Crippen LogP contribution in [0.2, 0.25) is 0 Å². The molecule has 1 aliphatic rings. The van der Waals surface area contributed by atoms with Gasteiger partial charge in [0.1, 0.15) is 16.8 Å². The summed E-state index contributed by atoms with van der Waals surface area (Å²) in [6.45, 7) is 5.61. The van der Waals surface area contributed by atoms with Crippen molar-refractivity contribution in [2.24, 2.45) is 0 Å². The lowest BCUT2D eigenvalue weighted by molar-refractivity contribution is -0.132. The first kappa shape index (κ1) is 26.9. The maximum atomic E-state index is 13.6. The van der Waals surface area contributed by atoms with E-state index in [0.29, 0.717) is 24.5 Å². The molecule has 1 N–H and O–H groups in total. The summed E-state index contributed by atoms with van der Waals surface area (Å²) in [7, 11) is 0.366. The lowest BCUT2D eigenvalue weighted by atomic mass is 9.97. The van der Waals surface area contributed by atoms with Crippen LogP contribution >= 0.6 is 0 Å². The Hall–Kier alpha value is -2.65. The monoisotopic (exact) mass is 502 g/mol. The molecule has 1 fully saturated rings. The van der Waals surface area contributed by atoms with E-state index in [1.807, 2.05) is 30.9 Å². The number of hydrogen-bond acceptors (Lipinski definition) is 5. The van der Waals surface area contributed by atoms with Gasteiger partial charge >= 0.3 is 0 Å². The fourth-order valence-corrected chi connectivity index (χ4v) is 4.36. The summed E-state index contributed by atoms with van der Waals surface area (Å²) in [4.78, 5) is 23.5. The van der Waals surface area contributed by atoms with Gasteiger partial charge in [-0.1, -0.05) is 26.0 Å². The number of carbonyl (C=O) groups is 1. The molecule has 7 nitrogen and oxygen atoms in total. The first-order valence-electron chi connectivity index (χ1n) is 12.0. The number of aromatic nitrogens is 2. The predicted octanol–water partition coefficient (Wildman–Crippen LogP) is 4.30. The maximum absolute atomic E-state index is 13.6. The molecule has 3 rings (SSSR count). The minimum absolute atomic E-state index is 0.0149. The predicted molar refractivity (Wildman–Crippen MR) is 139 cm³/mol. The summed E-state index contributed by atoms with van der Waals surface area (Å²) in [6.07, 6.45) is 7.99. The van der Waals surface area contributed by atoms with Crippen molar-refractivity contribution in [2.45, 2.75) is 58.0 Å². The number of rotatable bonds is 10. The molecule has 1 saturated heterocycles. The number of benzene rings is 1. The molecule has 0 aliphatic carbocycles. The van der Waals surface area contributed by atoms with Crippen LogP contribution < -0.4 is 4.31 Å². The molecule has 2 aromatic rings. The molecular weight excluding hydrogens is 467 g/mol. The Morgan fingerprint density at radius 1 is 1.23 bits per heavy atom. The molecule has 1 amide bonds. The van der Waals surface area contributed by atoms with Gasteiger partial charge in [0.05, 0.1) is 23.9 Å². The molecule has 0 radical (unpaired) electrons. The second kappa shape index (κ2) is 12.4. The summed E-state index contributed by atoms with van der Waals surface area (Å²) in [5.41, 5.74) is 2.93. The molecule has 1 aliphatic heterocycles. The van der Waals surface area contributed by atoms with Crippen LogP contribution in [0.25, 0.3) is 17.3 Å². The van der Waals surface area contributed by atoms with Gasteiger partial charge in [-0.25, -0.2) is 18.6 Å². The molecule has 190 valence electrons. The molecule has 35 heavy (non-hydrogen) atoms. The van der Waals surface area contributed by atoms with Crippen LogP contribution in [0.4, 0.5) is 10.3 Å². The molecule has 2 unspecified atom stereocenters. The van der Waals surface area contributed by atoms with E-state index < -0.39 is 17.1 Å². The highest BCUT2D eigenvalue weighted by Crippen LogP contribution is 2.31. The molecule has 2 atom stereocenters. The van der Waals surface area contributed by atoms with Gasteiger partial charge in [0.15, 0.2) is 0 Å². The minimum atomic E-state index is -1.30. The average molecular weight is 503 g/mol. The first-order valence-corrected chi connectivity index (χ1v) is 13.6. The van der Waals surface area contributed by atoms with E-state index in [4.69, 9.17) is 4.98 Å². The van der Waals surface area contributed by atoms with E-state index >= 15 is 0 Å². The van der Waals surface area contributed by atoms with Crippen molar-refractivity contribution < 1.29 is 18.5 Å². The summed E-state index contributed by atoms with van der Waals surface area (Å²) in [5, 5.41) is 10.4. The number of nitrogens with zero attached hydrogens (tertiary/aromatic N) is 4. The quantitative estimate of drug-likeness (QED) is 0.523. The maximum Gasteiger partial charge on any atom is 0.237 e. The lowest BCUT2D eigenvalue weighted by Crippen LogP contribution is -2.30. The Morgan fingerprint density at radius 3 is 2.49 bits per heavy atom. The average Bonchev–Trinajstić information content (AvgIpc) is 3.36. The number of likely N-dealkylation sites (tertiary alicyclic amines) is 1. The van der Waals surface area contributed by atoms with Crippen molar-refractivity contribution in [3.05, 3.63) is 47.4 Å². The lowest BCUT2D eigenvalue weighted by Gasteiger charge is -2.20. The molecule has 2 heterocycles. The standard InChI is InChI=1S/C26H35FN4O3S/c1-18(2)24-22(10-6-5-9-21(32)17-23(33)31-15-7-8-16-31)25(19-11-13-20(27)14-12-19)29-26(28-24)30(3)35(4)34/h6,10-14,18,21,32H,5,7-9,15-17H2,1-4H3/b10-6+. The number of amides is 1. The van der Waals surface area contributed by atoms with Gasteiger partial charge < -0.3 is 10.0 Å². The highest BCUT2D eigenvalue weighted by atomic mass is 32.2. The second-order valence-electron chi connectivity index (χ2n) is 9.18. The summed E-state index contributed by atoms with van der Waals surface area (Å²) in [6, 6.07) is 6.10. The summed E-state index contributed by atoms with van der Waals surface area (Å²) < 4.78 is 27.2. The van der Waals surface area contributed by atoms with Crippen molar-refractivity contribution in [3.63, 3.8) is 0 Å². The number of anilines is 1. The Morgan fingerprint density at radius 2 is 1.89 bits per heavy atom. The van der Waals surface area contributed by atoms with Crippen molar-refractivity contribution in [1.29, 1.82) is 0 Å². The van der Waals surface area contributed by atoms with Crippen LogP contribution in [-0.2, 0) is 15.8 Å². The van der Waals surface area contributed by atoms with Gasteiger partial charge in [0.25, 0.3) is 0 Å². The second-order valence-corrected chi connectivity index (χ2v) is 10.6. The number of aliphatic hydroxyl groups is 1. The molecule has 9 heteroatoms. The fourth-order valence-electron chi connectivity index (χ4n) is 4.05. The van der Waals surface area contributed by atoms with Gasteiger partial charge in [-0.3, -0.25) is 9.10 Å². The third-order valence-corrected chi connectivity index (χ3v) is 7.05. The van der Waals surface area contributed by atoms with Crippen LogP contribution in [0, 0.1) is 5.82 Å². The molecule has 1 aromatic carbocycles. The van der Waals surface area contributed by atoms with Crippen molar-refractivity contribution in [2.75, 3.05) is 30.7 Å². The van der Waals surface area contributed by atoms with Crippen LogP contribution in [0.15, 0.2) is 30.3 Å². The number of hydrogen-bond donors (Lipinski definition) is 1. The molecule has 0 spiro atoms. The number of aliphatic hydroxyl groups excluding tert-OH is 1. The zero-order valence-corrected chi connectivity index (χ0v) is 21.7. The van der Waals surface area contributed by atoms with Gasteiger partial charge in [0, 0.05) is 37.5 Å². The van der Waals surface area contributed by atoms with E-state index in [-0.39, 0.29) is 24.1 Å². The Labute approximate surface area is 209 Å². The van der Waals surface area contributed by atoms with Crippen molar-refractivity contribution in [1.82, 2.24) is 14.9 Å². The number of carbonyl (C=O) groups excluding carboxylic acids is 1. The highest BCUT2D eigenvalue weighted by molar-refractivity contribution is 7.85.